The number of urea groups is 1. The molecule has 2 aromatic heterocycles. The Morgan fingerprint density at radius 3 is 2.76 bits per heavy atom. The highest BCUT2D eigenvalue weighted by Crippen LogP contribution is 2.20. The van der Waals surface area contributed by atoms with E-state index in [1.165, 1.54) is 10.7 Å². The number of rotatable bonds is 5. The molecule has 0 atom stereocenters. The SMILES string of the molecule is Cc1ccccc1NC(=O)NCCn1nc(-c2cccs2)ccc1=O. The summed E-state index contributed by atoms with van der Waals surface area (Å²) in [6, 6.07) is 14.3. The second kappa shape index (κ2) is 7.76. The van der Waals surface area contributed by atoms with Crippen LogP contribution in [0.4, 0.5) is 10.5 Å². The third-order valence-electron chi connectivity index (χ3n) is 3.64. The van der Waals surface area contributed by atoms with Gasteiger partial charge in [0.25, 0.3) is 5.56 Å². The molecule has 0 aliphatic heterocycles. The number of anilines is 1. The normalized spacial score (nSPS) is 10.4. The van der Waals surface area contributed by atoms with Gasteiger partial charge < -0.3 is 10.6 Å². The average molecular weight is 354 g/mol. The van der Waals surface area contributed by atoms with E-state index < -0.39 is 0 Å². The fourth-order valence-electron chi connectivity index (χ4n) is 2.32. The van der Waals surface area contributed by atoms with Gasteiger partial charge in [-0.1, -0.05) is 24.3 Å². The van der Waals surface area contributed by atoms with Crippen molar-refractivity contribution in [1.82, 2.24) is 15.1 Å². The summed E-state index contributed by atoms with van der Waals surface area (Å²) in [7, 11) is 0. The molecule has 0 bridgehead atoms. The lowest BCUT2D eigenvalue weighted by Crippen LogP contribution is -2.34. The van der Waals surface area contributed by atoms with E-state index in [2.05, 4.69) is 15.7 Å². The summed E-state index contributed by atoms with van der Waals surface area (Å²) in [6.45, 7) is 2.53. The van der Waals surface area contributed by atoms with Crippen LogP contribution in [-0.4, -0.2) is 22.4 Å². The fourth-order valence-corrected chi connectivity index (χ4v) is 3.01. The number of nitrogens with zero attached hydrogens (tertiary/aromatic N) is 2. The Morgan fingerprint density at radius 2 is 2.00 bits per heavy atom. The molecule has 0 spiro atoms. The first kappa shape index (κ1) is 16.9. The van der Waals surface area contributed by atoms with Crippen molar-refractivity contribution in [3.63, 3.8) is 0 Å². The van der Waals surface area contributed by atoms with Gasteiger partial charge in [0.1, 0.15) is 5.69 Å². The van der Waals surface area contributed by atoms with Crippen LogP contribution < -0.4 is 16.2 Å². The monoisotopic (exact) mass is 354 g/mol. The van der Waals surface area contributed by atoms with Crippen LogP contribution in [0.25, 0.3) is 10.6 Å². The Balaban J connectivity index is 1.58. The number of carbonyl (C=O) groups is 1. The van der Waals surface area contributed by atoms with Crippen LogP contribution >= 0.6 is 11.3 Å². The number of para-hydroxylation sites is 1. The molecule has 3 aromatic rings. The summed E-state index contributed by atoms with van der Waals surface area (Å²) >= 11 is 1.56. The molecular formula is C18H18N4O2S. The molecule has 0 aliphatic rings. The van der Waals surface area contributed by atoms with Gasteiger partial charge >= 0.3 is 6.03 Å². The van der Waals surface area contributed by atoms with Crippen molar-refractivity contribution in [2.24, 2.45) is 0 Å². The maximum Gasteiger partial charge on any atom is 0.319 e. The van der Waals surface area contributed by atoms with Gasteiger partial charge in [0.2, 0.25) is 0 Å². The van der Waals surface area contributed by atoms with Gasteiger partial charge in [-0.25, -0.2) is 9.48 Å². The summed E-state index contributed by atoms with van der Waals surface area (Å²) in [5.74, 6) is 0. The zero-order valence-corrected chi connectivity index (χ0v) is 14.5. The molecule has 25 heavy (non-hydrogen) atoms. The van der Waals surface area contributed by atoms with Crippen molar-refractivity contribution in [1.29, 1.82) is 0 Å². The Bertz CT molecular complexity index is 919. The fraction of sp³-hybridized carbons (Fsp3) is 0.167. The molecule has 0 fully saturated rings. The van der Waals surface area contributed by atoms with E-state index in [1.54, 1.807) is 17.4 Å². The standard InChI is InChI=1S/C18H18N4O2S/c1-13-5-2-3-6-14(13)20-18(24)19-10-11-22-17(23)9-8-15(21-22)16-7-4-12-25-16/h2-9,12H,10-11H2,1H3,(H2,19,20,24). The predicted molar refractivity (Wildman–Crippen MR) is 100 cm³/mol. The molecule has 0 saturated carbocycles. The zero-order valence-electron chi connectivity index (χ0n) is 13.7. The number of thiophene rings is 1. The maximum absolute atomic E-state index is 12.0. The molecule has 2 N–H and O–H groups in total. The molecule has 2 amide bonds. The van der Waals surface area contributed by atoms with E-state index in [-0.39, 0.29) is 11.6 Å². The molecule has 128 valence electrons. The molecule has 0 aliphatic carbocycles. The van der Waals surface area contributed by atoms with Gasteiger partial charge in [0.15, 0.2) is 0 Å². The second-order valence-corrected chi connectivity index (χ2v) is 6.40. The minimum Gasteiger partial charge on any atom is -0.336 e. The van der Waals surface area contributed by atoms with Crippen LogP contribution in [0.3, 0.4) is 0 Å². The number of benzene rings is 1. The highest BCUT2D eigenvalue weighted by molar-refractivity contribution is 7.13. The molecule has 0 radical (unpaired) electrons. The lowest BCUT2D eigenvalue weighted by atomic mass is 10.2. The summed E-state index contributed by atoms with van der Waals surface area (Å²) < 4.78 is 1.36. The van der Waals surface area contributed by atoms with Crippen LogP contribution in [0, 0.1) is 6.92 Å². The van der Waals surface area contributed by atoms with Crippen LogP contribution in [0.15, 0.2) is 58.7 Å². The number of nitrogens with one attached hydrogen (secondary N) is 2. The van der Waals surface area contributed by atoms with Crippen molar-refractivity contribution >= 4 is 23.1 Å². The van der Waals surface area contributed by atoms with E-state index in [4.69, 9.17) is 0 Å². The van der Waals surface area contributed by atoms with Crippen LogP contribution in [0.2, 0.25) is 0 Å². The molecule has 0 unspecified atom stereocenters. The first-order valence-corrected chi connectivity index (χ1v) is 8.74. The Kier molecular flexibility index (Phi) is 5.25. The van der Waals surface area contributed by atoms with Crippen molar-refractivity contribution in [2.75, 3.05) is 11.9 Å². The first-order valence-electron chi connectivity index (χ1n) is 7.86. The quantitative estimate of drug-likeness (QED) is 0.739. The lowest BCUT2D eigenvalue weighted by Gasteiger charge is -2.10. The summed E-state index contributed by atoms with van der Waals surface area (Å²) in [4.78, 5) is 24.9. The van der Waals surface area contributed by atoms with Gasteiger partial charge in [0, 0.05) is 18.3 Å². The Hall–Kier alpha value is -2.93. The Labute approximate surface area is 149 Å². The topological polar surface area (TPSA) is 76.0 Å². The van der Waals surface area contributed by atoms with Crippen LogP contribution in [0.5, 0.6) is 0 Å². The van der Waals surface area contributed by atoms with E-state index in [0.717, 1.165) is 21.8 Å². The number of amides is 2. The third kappa shape index (κ3) is 4.33. The predicted octanol–water partition coefficient (Wildman–Crippen LogP) is 3.10. The van der Waals surface area contributed by atoms with Gasteiger partial charge in [-0.15, -0.1) is 11.3 Å². The summed E-state index contributed by atoms with van der Waals surface area (Å²) in [5.41, 5.74) is 2.30. The molecule has 7 heteroatoms. The van der Waals surface area contributed by atoms with Crippen molar-refractivity contribution in [3.05, 3.63) is 69.8 Å². The highest BCUT2D eigenvalue weighted by Gasteiger charge is 2.06. The molecule has 0 saturated heterocycles. The largest absolute Gasteiger partial charge is 0.336 e. The zero-order chi connectivity index (χ0) is 17.6. The van der Waals surface area contributed by atoms with Crippen LogP contribution in [-0.2, 0) is 6.54 Å². The van der Waals surface area contributed by atoms with Gasteiger partial charge in [-0.3, -0.25) is 4.79 Å². The molecule has 3 rings (SSSR count). The molecular weight excluding hydrogens is 336 g/mol. The third-order valence-corrected chi connectivity index (χ3v) is 4.54. The van der Waals surface area contributed by atoms with E-state index >= 15 is 0 Å². The van der Waals surface area contributed by atoms with Crippen LogP contribution in [0.1, 0.15) is 5.56 Å². The number of hydrogen-bond donors (Lipinski definition) is 2. The van der Waals surface area contributed by atoms with E-state index in [0.29, 0.717) is 13.1 Å². The number of aromatic nitrogens is 2. The van der Waals surface area contributed by atoms with Gasteiger partial charge in [0.05, 0.1) is 11.4 Å². The van der Waals surface area contributed by atoms with Gasteiger partial charge in [-0.05, 0) is 36.1 Å². The number of aryl methyl sites for hydroxylation is 1. The smallest absolute Gasteiger partial charge is 0.319 e. The number of carbonyl (C=O) groups excluding carboxylic acids is 1. The van der Waals surface area contributed by atoms with Crippen molar-refractivity contribution in [3.8, 4) is 10.6 Å². The first-order chi connectivity index (χ1) is 12.1. The Morgan fingerprint density at radius 1 is 1.16 bits per heavy atom. The summed E-state index contributed by atoms with van der Waals surface area (Å²) in [5, 5.41) is 11.8. The lowest BCUT2D eigenvalue weighted by molar-refractivity contribution is 0.251. The number of hydrogen-bond acceptors (Lipinski definition) is 4. The average Bonchev–Trinajstić information content (AvgIpc) is 3.13. The molecule has 2 heterocycles. The minimum absolute atomic E-state index is 0.193. The molecule has 1 aromatic carbocycles. The van der Waals surface area contributed by atoms with Crippen molar-refractivity contribution < 1.29 is 4.79 Å². The maximum atomic E-state index is 12.0. The van der Waals surface area contributed by atoms with E-state index in [9.17, 15) is 9.59 Å². The van der Waals surface area contributed by atoms with E-state index in [1.807, 2.05) is 48.7 Å². The van der Waals surface area contributed by atoms with Crippen molar-refractivity contribution in [2.45, 2.75) is 13.5 Å². The van der Waals surface area contributed by atoms with Gasteiger partial charge in [-0.2, -0.15) is 5.10 Å². The minimum atomic E-state index is -0.309. The second-order valence-electron chi connectivity index (χ2n) is 5.45. The summed E-state index contributed by atoms with van der Waals surface area (Å²) in [6.07, 6.45) is 0. The molecule has 6 nitrogen and oxygen atoms in total. The highest BCUT2D eigenvalue weighted by atomic mass is 32.1.